The fraction of sp³-hybridized carbons (Fsp3) is 0.364. The van der Waals surface area contributed by atoms with Gasteiger partial charge in [0.1, 0.15) is 0 Å². The smallest absolute Gasteiger partial charge is 0.162 e. The Bertz CT molecular complexity index is 784. The number of allylic oxidation sites excluding steroid dienone is 1. The van der Waals surface area contributed by atoms with Crippen LogP contribution in [-0.2, 0) is 10.3 Å². The molecule has 0 amide bonds. The summed E-state index contributed by atoms with van der Waals surface area (Å²) in [4.78, 5) is 0. The van der Waals surface area contributed by atoms with Gasteiger partial charge < -0.3 is 24.1 Å². The van der Waals surface area contributed by atoms with Gasteiger partial charge in [-0.2, -0.15) is 0 Å². The number of rotatable bonds is 9. The summed E-state index contributed by atoms with van der Waals surface area (Å²) in [6.45, 7) is 6.73. The number of ether oxygens (including phenoxy) is 4. The van der Waals surface area contributed by atoms with Crippen LogP contribution >= 0.6 is 0 Å². The molecule has 0 aromatic heterocycles. The van der Waals surface area contributed by atoms with Crippen LogP contribution < -0.4 is 14.2 Å². The van der Waals surface area contributed by atoms with E-state index in [1.807, 2.05) is 51.1 Å². The van der Waals surface area contributed by atoms with Crippen molar-refractivity contribution >= 4 is 6.08 Å². The van der Waals surface area contributed by atoms with E-state index in [1.54, 1.807) is 25.3 Å². The monoisotopic (exact) mass is 372 g/mol. The maximum absolute atomic E-state index is 9.91. The van der Waals surface area contributed by atoms with Crippen molar-refractivity contribution in [2.24, 2.45) is 0 Å². The van der Waals surface area contributed by atoms with Gasteiger partial charge in [0.05, 0.1) is 20.8 Å². The summed E-state index contributed by atoms with van der Waals surface area (Å²) in [5, 5.41) is 9.91. The molecule has 0 spiro atoms. The summed E-state index contributed by atoms with van der Waals surface area (Å²) < 4.78 is 22.8. The zero-order valence-electron chi connectivity index (χ0n) is 16.6. The number of phenols is 1. The Morgan fingerprint density at radius 3 is 2.37 bits per heavy atom. The number of phenolic OH excluding ortho intramolecular Hbond substituents is 1. The maximum atomic E-state index is 9.91. The highest BCUT2D eigenvalue weighted by Crippen LogP contribution is 2.38. The van der Waals surface area contributed by atoms with E-state index < -0.39 is 5.60 Å². The molecule has 5 nitrogen and oxygen atoms in total. The summed E-state index contributed by atoms with van der Waals surface area (Å²) in [6, 6.07) is 10.9. The molecule has 1 N–H and O–H groups in total. The first kappa shape index (κ1) is 20.6. The molecule has 0 aliphatic carbocycles. The van der Waals surface area contributed by atoms with Crippen molar-refractivity contribution in [2.75, 3.05) is 27.4 Å². The van der Waals surface area contributed by atoms with Crippen molar-refractivity contribution < 1.29 is 24.1 Å². The van der Waals surface area contributed by atoms with Crippen LogP contribution in [0.4, 0.5) is 0 Å². The molecule has 1 unspecified atom stereocenters. The highest BCUT2D eigenvalue weighted by molar-refractivity contribution is 5.56. The molecular formula is C22H28O5. The number of aromatic hydroxyl groups is 1. The van der Waals surface area contributed by atoms with Crippen molar-refractivity contribution in [3.63, 3.8) is 0 Å². The minimum atomic E-state index is -0.799. The quantitative estimate of drug-likeness (QED) is 0.687. The van der Waals surface area contributed by atoms with E-state index >= 15 is 0 Å². The molecule has 0 aliphatic rings. The lowest BCUT2D eigenvalue weighted by Gasteiger charge is -2.32. The minimum Gasteiger partial charge on any atom is -0.504 e. The molecule has 0 saturated carbocycles. The zero-order valence-corrected chi connectivity index (χ0v) is 16.6. The third-order valence-electron chi connectivity index (χ3n) is 4.25. The van der Waals surface area contributed by atoms with Gasteiger partial charge in [-0.3, -0.25) is 0 Å². The first-order chi connectivity index (χ1) is 13.0. The van der Waals surface area contributed by atoms with Gasteiger partial charge in [-0.25, -0.2) is 0 Å². The molecule has 0 aliphatic heterocycles. The number of hydrogen-bond acceptors (Lipinski definition) is 5. The zero-order chi connectivity index (χ0) is 19.9. The fourth-order valence-corrected chi connectivity index (χ4v) is 2.78. The molecular weight excluding hydrogens is 344 g/mol. The Balaban J connectivity index is 2.44. The van der Waals surface area contributed by atoms with Crippen LogP contribution in [0.5, 0.6) is 23.0 Å². The average Bonchev–Trinajstić information content (AvgIpc) is 2.68. The standard InChI is InChI=1S/C22H28O5/c1-6-8-16-9-12-19(21(13-16)25-5)27-22(3,15-26-7-2)17-10-11-18(23)20(14-17)24-4/h6,8-14,23H,7,15H2,1-5H3/b8-6+. The third kappa shape index (κ3) is 4.95. The van der Waals surface area contributed by atoms with Crippen LogP contribution in [0.1, 0.15) is 31.9 Å². The highest BCUT2D eigenvalue weighted by atomic mass is 16.6. The van der Waals surface area contributed by atoms with Crippen LogP contribution in [0.25, 0.3) is 6.08 Å². The number of methoxy groups -OCH3 is 2. The Morgan fingerprint density at radius 2 is 1.74 bits per heavy atom. The molecule has 0 bridgehead atoms. The second-order valence-corrected chi connectivity index (χ2v) is 6.27. The summed E-state index contributed by atoms with van der Waals surface area (Å²) in [5.41, 5.74) is 1.05. The van der Waals surface area contributed by atoms with Gasteiger partial charge in [0, 0.05) is 12.2 Å². The SMILES string of the molecule is C/C=C/c1ccc(OC(C)(COCC)c2ccc(O)c(OC)c2)c(OC)c1. The third-order valence-corrected chi connectivity index (χ3v) is 4.25. The molecule has 27 heavy (non-hydrogen) atoms. The molecule has 146 valence electrons. The Morgan fingerprint density at radius 1 is 1.00 bits per heavy atom. The van der Waals surface area contributed by atoms with Crippen molar-refractivity contribution in [2.45, 2.75) is 26.4 Å². The molecule has 1 atom stereocenters. The van der Waals surface area contributed by atoms with Crippen LogP contribution in [0.2, 0.25) is 0 Å². The van der Waals surface area contributed by atoms with E-state index in [4.69, 9.17) is 18.9 Å². The fourth-order valence-electron chi connectivity index (χ4n) is 2.78. The summed E-state index contributed by atoms with van der Waals surface area (Å²) in [7, 11) is 3.13. The van der Waals surface area contributed by atoms with Crippen LogP contribution in [0.3, 0.4) is 0 Å². The van der Waals surface area contributed by atoms with Gasteiger partial charge in [-0.15, -0.1) is 0 Å². The van der Waals surface area contributed by atoms with E-state index in [0.29, 0.717) is 30.5 Å². The highest BCUT2D eigenvalue weighted by Gasteiger charge is 2.31. The second kappa shape index (κ2) is 9.33. The van der Waals surface area contributed by atoms with E-state index in [2.05, 4.69) is 0 Å². The van der Waals surface area contributed by atoms with Crippen LogP contribution in [0.15, 0.2) is 42.5 Å². The molecule has 0 saturated heterocycles. The van der Waals surface area contributed by atoms with Gasteiger partial charge in [0.25, 0.3) is 0 Å². The van der Waals surface area contributed by atoms with Gasteiger partial charge in [0.2, 0.25) is 0 Å². The van der Waals surface area contributed by atoms with Crippen molar-refractivity contribution in [3.05, 3.63) is 53.6 Å². The lowest BCUT2D eigenvalue weighted by Crippen LogP contribution is -2.35. The van der Waals surface area contributed by atoms with Crippen molar-refractivity contribution in [1.82, 2.24) is 0 Å². The maximum Gasteiger partial charge on any atom is 0.162 e. The van der Waals surface area contributed by atoms with E-state index in [1.165, 1.54) is 7.11 Å². The molecule has 2 aromatic carbocycles. The average molecular weight is 372 g/mol. The van der Waals surface area contributed by atoms with Crippen LogP contribution in [0, 0.1) is 0 Å². The van der Waals surface area contributed by atoms with Crippen LogP contribution in [-0.4, -0.2) is 32.5 Å². The summed E-state index contributed by atoms with van der Waals surface area (Å²) >= 11 is 0. The molecule has 0 radical (unpaired) electrons. The Kier molecular flexibility index (Phi) is 7.13. The van der Waals surface area contributed by atoms with Gasteiger partial charge in [-0.1, -0.05) is 24.3 Å². The molecule has 2 rings (SSSR count). The summed E-state index contributed by atoms with van der Waals surface area (Å²) in [5.74, 6) is 1.71. The number of hydrogen-bond donors (Lipinski definition) is 1. The molecule has 0 heterocycles. The number of benzene rings is 2. The lowest BCUT2D eigenvalue weighted by atomic mass is 9.95. The van der Waals surface area contributed by atoms with Crippen molar-refractivity contribution in [3.8, 4) is 23.0 Å². The van der Waals surface area contributed by atoms with E-state index in [-0.39, 0.29) is 5.75 Å². The molecule has 2 aromatic rings. The lowest BCUT2D eigenvalue weighted by molar-refractivity contribution is -0.0165. The minimum absolute atomic E-state index is 0.0771. The molecule has 5 heteroatoms. The normalized spacial score (nSPS) is 13.4. The van der Waals surface area contributed by atoms with Gasteiger partial charge in [-0.05, 0) is 50.6 Å². The van der Waals surface area contributed by atoms with Crippen molar-refractivity contribution in [1.29, 1.82) is 0 Å². The van der Waals surface area contributed by atoms with Gasteiger partial charge in [0.15, 0.2) is 28.6 Å². The topological polar surface area (TPSA) is 57.2 Å². The van der Waals surface area contributed by atoms with E-state index in [0.717, 1.165) is 11.1 Å². The first-order valence-corrected chi connectivity index (χ1v) is 8.92. The predicted octanol–water partition coefficient (Wildman–Crippen LogP) is 4.77. The predicted molar refractivity (Wildman–Crippen MR) is 107 cm³/mol. The van der Waals surface area contributed by atoms with Gasteiger partial charge >= 0.3 is 0 Å². The molecule has 0 fully saturated rings. The Labute approximate surface area is 161 Å². The second-order valence-electron chi connectivity index (χ2n) is 6.27. The Hall–Kier alpha value is -2.66. The first-order valence-electron chi connectivity index (χ1n) is 8.92. The van der Waals surface area contributed by atoms with E-state index in [9.17, 15) is 5.11 Å². The summed E-state index contributed by atoms with van der Waals surface area (Å²) in [6.07, 6.45) is 3.97. The largest absolute Gasteiger partial charge is 0.504 e.